The SMILES string of the molecule is O=C(NCc1nc(C2CC(=O)N(Cc3ccc(F)cc3)C2)no1)c1cccs1. The van der Waals surface area contributed by atoms with E-state index in [1.807, 2.05) is 5.38 Å². The average molecular weight is 400 g/mol. The van der Waals surface area contributed by atoms with Crippen molar-refractivity contribution in [1.82, 2.24) is 20.4 Å². The fraction of sp³-hybridized carbons (Fsp3) is 0.263. The first-order valence-electron chi connectivity index (χ1n) is 8.75. The topological polar surface area (TPSA) is 88.3 Å². The molecule has 3 aromatic rings. The van der Waals surface area contributed by atoms with Gasteiger partial charge in [-0.25, -0.2) is 4.39 Å². The van der Waals surface area contributed by atoms with Gasteiger partial charge in [0.25, 0.3) is 5.91 Å². The van der Waals surface area contributed by atoms with Gasteiger partial charge in [0.05, 0.1) is 11.4 Å². The lowest BCUT2D eigenvalue weighted by Crippen LogP contribution is -2.24. The van der Waals surface area contributed by atoms with Crippen molar-refractivity contribution in [2.24, 2.45) is 0 Å². The molecule has 1 aromatic carbocycles. The fourth-order valence-electron chi connectivity index (χ4n) is 3.06. The van der Waals surface area contributed by atoms with Crippen LogP contribution in [-0.4, -0.2) is 33.4 Å². The smallest absolute Gasteiger partial charge is 0.261 e. The monoisotopic (exact) mass is 400 g/mol. The Morgan fingerprint density at radius 1 is 1.32 bits per heavy atom. The zero-order valence-corrected chi connectivity index (χ0v) is 15.6. The Balaban J connectivity index is 1.34. The van der Waals surface area contributed by atoms with Gasteiger partial charge in [-0.1, -0.05) is 23.4 Å². The third kappa shape index (κ3) is 4.09. The fourth-order valence-corrected chi connectivity index (χ4v) is 3.70. The van der Waals surface area contributed by atoms with Crippen molar-refractivity contribution in [2.45, 2.75) is 25.4 Å². The molecule has 144 valence electrons. The molecule has 2 aromatic heterocycles. The van der Waals surface area contributed by atoms with Crippen LogP contribution in [0.15, 0.2) is 46.3 Å². The first-order chi connectivity index (χ1) is 13.6. The summed E-state index contributed by atoms with van der Waals surface area (Å²) in [6.07, 6.45) is 0.293. The Hall–Kier alpha value is -3.07. The van der Waals surface area contributed by atoms with Crippen molar-refractivity contribution in [3.05, 3.63) is 69.8 Å². The summed E-state index contributed by atoms with van der Waals surface area (Å²) in [5, 5.41) is 8.52. The van der Waals surface area contributed by atoms with E-state index < -0.39 is 0 Å². The van der Waals surface area contributed by atoms with Crippen molar-refractivity contribution >= 4 is 23.2 Å². The predicted molar refractivity (Wildman–Crippen MR) is 99.0 cm³/mol. The number of amides is 2. The van der Waals surface area contributed by atoms with Gasteiger partial charge in [0.2, 0.25) is 11.8 Å². The molecule has 0 radical (unpaired) electrons. The molecule has 1 atom stereocenters. The highest BCUT2D eigenvalue weighted by atomic mass is 32.1. The minimum Gasteiger partial charge on any atom is -0.342 e. The van der Waals surface area contributed by atoms with Crippen LogP contribution in [0.25, 0.3) is 0 Å². The molecule has 3 heterocycles. The first kappa shape index (κ1) is 18.3. The van der Waals surface area contributed by atoms with Gasteiger partial charge in [-0.3, -0.25) is 9.59 Å². The van der Waals surface area contributed by atoms with Crippen LogP contribution in [0.5, 0.6) is 0 Å². The number of nitrogens with zero attached hydrogens (tertiary/aromatic N) is 3. The maximum Gasteiger partial charge on any atom is 0.261 e. The highest BCUT2D eigenvalue weighted by Gasteiger charge is 2.33. The summed E-state index contributed by atoms with van der Waals surface area (Å²) in [4.78, 5) is 30.9. The molecule has 0 bridgehead atoms. The van der Waals surface area contributed by atoms with Gasteiger partial charge in [-0.2, -0.15) is 4.98 Å². The number of hydrogen-bond donors (Lipinski definition) is 1. The van der Waals surface area contributed by atoms with Crippen molar-refractivity contribution in [1.29, 1.82) is 0 Å². The Morgan fingerprint density at radius 3 is 2.89 bits per heavy atom. The van der Waals surface area contributed by atoms with Gasteiger partial charge in [-0.05, 0) is 29.1 Å². The highest BCUT2D eigenvalue weighted by molar-refractivity contribution is 7.12. The molecular formula is C19H17FN4O3S. The minimum absolute atomic E-state index is 0.00771. The van der Waals surface area contributed by atoms with Crippen molar-refractivity contribution in [3.63, 3.8) is 0 Å². The second kappa shape index (κ2) is 7.89. The number of carbonyl (C=O) groups excluding carboxylic acids is 2. The second-order valence-electron chi connectivity index (χ2n) is 6.51. The van der Waals surface area contributed by atoms with E-state index >= 15 is 0 Å². The Bertz CT molecular complexity index is 971. The summed E-state index contributed by atoms with van der Waals surface area (Å²) in [6.45, 7) is 1.01. The highest BCUT2D eigenvalue weighted by Crippen LogP contribution is 2.27. The van der Waals surface area contributed by atoms with Crippen LogP contribution in [0.1, 0.15) is 39.3 Å². The number of rotatable bonds is 6. The molecule has 1 N–H and O–H groups in total. The van der Waals surface area contributed by atoms with Gasteiger partial charge in [0, 0.05) is 25.4 Å². The zero-order chi connectivity index (χ0) is 19.5. The summed E-state index contributed by atoms with van der Waals surface area (Å²) in [6, 6.07) is 9.63. The Labute approximate surface area is 164 Å². The van der Waals surface area contributed by atoms with Gasteiger partial charge < -0.3 is 14.7 Å². The second-order valence-corrected chi connectivity index (χ2v) is 7.46. The summed E-state index contributed by atoms with van der Waals surface area (Å²) >= 11 is 1.35. The summed E-state index contributed by atoms with van der Waals surface area (Å²) in [5.74, 6) is 0.0703. The molecule has 0 aliphatic carbocycles. The average Bonchev–Trinajstić information content (AvgIpc) is 3.43. The third-order valence-corrected chi connectivity index (χ3v) is 5.36. The van der Waals surface area contributed by atoms with E-state index in [9.17, 15) is 14.0 Å². The normalized spacial score (nSPS) is 16.5. The maximum absolute atomic E-state index is 13.0. The molecule has 4 rings (SSSR count). The maximum atomic E-state index is 13.0. The molecule has 1 aliphatic rings. The molecule has 2 amide bonds. The van der Waals surface area contributed by atoms with Crippen LogP contribution < -0.4 is 5.32 Å². The van der Waals surface area contributed by atoms with Crippen LogP contribution in [0, 0.1) is 5.82 Å². The molecule has 28 heavy (non-hydrogen) atoms. The molecule has 1 saturated heterocycles. The van der Waals surface area contributed by atoms with E-state index in [1.54, 1.807) is 29.2 Å². The molecule has 1 aliphatic heterocycles. The van der Waals surface area contributed by atoms with Gasteiger partial charge in [-0.15, -0.1) is 11.3 Å². The van der Waals surface area contributed by atoms with E-state index in [2.05, 4.69) is 15.5 Å². The van der Waals surface area contributed by atoms with Gasteiger partial charge in [0.15, 0.2) is 5.82 Å². The summed E-state index contributed by atoms with van der Waals surface area (Å²) < 4.78 is 18.2. The van der Waals surface area contributed by atoms with E-state index in [4.69, 9.17) is 4.52 Å². The number of aromatic nitrogens is 2. The molecule has 1 fully saturated rings. The molecule has 9 heteroatoms. The van der Waals surface area contributed by atoms with Crippen molar-refractivity contribution in [2.75, 3.05) is 6.54 Å². The lowest BCUT2D eigenvalue weighted by Gasteiger charge is -2.16. The van der Waals surface area contributed by atoms with E-state index in [0.717, 1.165) is 5.56 Å². The van der Waals surface area contributed by atoms with E-state index in [-0.39, 0.29) is 30.1 Å². The Morgan fingerprint density at radius 2 is 2.14 bits per heavy atom. The number of hydrogen-bond acceptors (Lipinski definition) is 6. The molecule has 1 unspecified atom stereocenters. The number of thiophene rings is 1. The van der Waals surface area contributed by atoms with Gasteiger partial charge >= 0.3 is 0 Å². The van der Waals surface area contributed by atoms with Crippen LogP contribution >= 0.6 is 11.3 Å². The van der Waals surface area contributed by atoms with Crippen molar-refractivity contribution in [3.8, 4) is 0 Å². The van der Waals surface area contributed by atoms with Crippen LogP contribution in [0.4, 0.5) is 4.39 Å². The number of nitrogens with one attached hydrogen (secondary N) is 1. The minimum atomic E-state index is -0.306. The predicted octanol–water partition coefficient (Wildman–Crippen LogP) is 2.72. The lowest BCUT2D eigenvalue weighted by molar-refractivity contribution is -0.128. The third-order valence-electron chi connectivity index (χ3n) is 4.50. The number of likely N-dealkylation sites (tertiary alicyclic amines) is 1. The largest absolute Gasteiger partial charge is 0.342 e. The van der Waals surface area contributed by atoms with E-state index in [1.165, 1.54) is 23.5 Å². The molecule has 0 spiro atoms. The van der Waals surface area contributed by atoms with Crippen LogP contribution in [-0.2, 0) is 17.9 Å². The lowest BCUT2D eigenvalue weighted by atomic mass is 10.1. The zero-order valence-electron chi connectivity index (χ0n) is 14.8. The van der Waals surface area contributed by atoms with Crippen LogP contribution in [0.3, 0.4) is 0 Å². The standard InChI is InChI=1S/C19H17FN4O3S/c20-14-5-3-12(4-6-14)10-24-11-13(8-17(24)25)18-22-16(27-23-18)9-21-19(26)15-2-1-7-28-15/h1-7,13H,8-11H2,(H,21,26). The Kier molecular flexibility index (Phi) is 5.16. The number of halogens is 1. The quantitative estimate of drug-likeness (QED) is 0.687. The van der Waals surface area contributed by atoms with Crippen LogP contribution in [0.2, 0.25) is 0 Å². The summed E-state index contributed by atoms with van der Waals surface area (Å²) in [7, 11) is 0. The van der Waals surface area contributed by atoms with Gasteiger partial charge in [0.1, 0.15) is 5.82 Å². The van der Waals surface area contributed by atoms with E-state index in [0.29, 0.717) is 36.1 Å². The molecular weight excluding hydrogens is 383 g/mol. The first-order valence-corrected chi connectivity index (χ1v) is 9.63. The molecule has 7 nitrogen and oxygen atoms in total. The van der Waals surface area contributed by atoms with Crippen molar-refractivity contribution < 1.29 is 18.5 Å². The number of benzene rings is 1. The summed E-state index contributed by atoms with van der Waals surface area (Å²) in [5.41, 5.74) is 0.862. The number of carbonyl (C=O) groups is 2. The molecule has 0 saturated carbocycles.